The van der Waals surface area contributed by atoms with Gasteiger partial charge in [0.25, 0.3) is 5.56 Å². The number of hydrogen-bond acceptors (Lipinski definition) is 10. The van der Waals surface area contributed by atoms with Crippen LogP contribution in [0.1, 0.15) is 22.9 Å². The molecule has 4 aromatic heterocycles. The molecular formula is C27H15N7O3S. The van der Waals surface area contributed by atoms with Gasteiger partial charge < -0.3 is 15.3 Å². The highest BCUT2D eigenvalue weighted by Gasteiger charge is 2.37. The number of hydrogen-bond donors (Lipinski definition) is 2. The Labute approximate surface area is 216 Å². The molecule has 2 aromatic carbocycles. The molecule has 10 nitrogen and oxygen atoms in total. The van der Waals surface area contributed by atoms with Gasteiger partial charge in [-0.25, -0.2) is 19.5 Å². The van der Waals surface area contributed by atoms with Crippen molar-refractivity contribution in [2.75, 3.05) is 5.73 Å². The Bertz CT molecular complexity index is 2140. The van der Waals surface area contributed by atoms with Crippen LogP contribution in [0.3, 0.4) is 0 Å². The summed E-state index contributed by atoms with van der Waals surface area (Å²) in [6.45, 7) is 0. The quantitative estimate of drug-likeness (QED) is 0.352. The zero-order valence-corrected chi connectivity index (χ0v) is 20.2. The summed E-state index contributed by atoms with van der Waals surface area (Å²) in [7, 11) is 0. The number of rotatable bonds is 2. The van der Waals surface area contributed by atoms with Crippen molar-refractivity contribution in [3.05, 3.63) is 97.6 Å². The zero-order chi connectivity index (χ0) is 26.0. The smallest absolute Gasteiger partial charge is 0.274 e. The highest BCUT2D eigenvalue weighted by molar-refractivity contribution is 7.07. The van der Waals surface area contributed by atoms with Crippen molar-refractivity contribution in [1.29, 1.82) is 5.26 Å². The van der Waals surface area contributed by atoms with Crippen molar-refractivity contribution in [3.8, 4) is 17.6 Å². The van der Waals surface area contributed by atoms with E-state index < -0.39 is 5.92 Å². The van der Waals surface area contributed by atoms with Crippen LogP contribution >= 0.6 is 11.3 Å². The van der Waals surface area contributed by atoms with Crippen LogP contribution in [0.2, 0.25) is 0 Å². The average Bonchev–Trinajstić information content (AvgIpc) is 3.51. The van der Waals surface area contributed by atoms with Gasteiger partial charge in [0, 0.05) is 11.6 Å². The maximum absolute atomic E-state index is 13.8. The molecule has 0 spiro atoms. The first-order chi connectivity index (χ1) is 18.5. The monoisotopic (exact) mass is 517 g/mol. The zero-order valence-electron chi connectivity index (χ0n) is 19.4. The number of nitrogens with two attached hydrogens (primary N) is 1. The van der Waals surface area contributed by atoms with Gasteiger partial charge in [-0.2, -0.15) is 5.26 Å². The lowest BCUT2D eigenvalue weighted by atomic mass is 9.90. The van der Waals surface area contributed by atoms with Crippen LogP contribution in [0.15, 0.2) is 70.3 Å². The molecule has 38 heavy (non-hydrogen) atoms. The number of anilines is 1. The summed E-state index contributed by atoms with van der Waals surface area (Å²) < 4.78 is 8.21. The van der Waals surface area contributed by atoms with Gasteiger partial charge in [-0.3, -0.25) is 9.78 Å². The van der Waals surface area contributed by atoms with Crippen molar-refractivity contribution in [2.45, 2.75) is 5.92 Å². The molecule has 1 unspecified atom stereocenters. The molecule has 6 aromatic rings. The third-order valence-corrected chi connectivity index (χ3v) is 7.59. The van der Waals surface area contributed by atoms with Crippen LogP contribution in [-0.2, 0) is 0 Å². The second-order valence-corrected chi connectivity index (χ2v) is 9.64. The average molecular weight is 518 g/mol. The summed E-state index contributed by atoms with van der Waals surface area (Å²) in [5.74, 6) is -0.0916. The maximum Gasteiger partial charge on any atom is 0.274 e. The van der Waals surface area contributed by atoms with E-state index in [0.717, 1.165) is 11.3 Å². The molecule has 0 radical (unpaired) electrons. The van der Waals surface area contributed by atoms with Gasteiger partial charge >= 0.3 is 0 Å². The number of pyridine rings is 1. The fraction of sp³-hybridized carbons (Fsp3) is 0.0370. The number of aromatic nitrogens is 5. The highest BCUT2D eigenvalue weighted by Crippen LogP contribution is 2.39. The molecule has 7 rings (SSSR count). The van der Waals surface area contributed by atoms with Crippen molar-refractivity contribution in [3.63, 3.8) is 0 Å². The summed E-state index contributed by atoms with van der Waals surface area (Å²) in [6.07, 6.45) is 4.59. The third-order valence-electron chi connectivity index (χ3n) is 6.48. The summed E-state index contributed by atoms with van der Waals surface area (Å²) in [5.41, 5.74) is 8.89. The molecule has 0 saturated carbocycles. The minimum absolute atomic E-state index is 0.0438. The second kappa shape index (κ2) is 8.09. The van der Waals surface area contributed by atoms with E-state index in [1.54, 1.807) is 30.5 Å². The lowest BCUT2D eigenvalue weighted by Crippen LogP contribution is -2.36. The normalized spacial score (nSPS) is 15.0. The molecule has 11 heteroatoms. The Morgan fingerprint density at radius 1 is 1.13 bits per heavy atom. The predicted octanol–water partition coefficient (Wildman–Crippen LogP) is 2.31. The van der Waals surface area contributed by atoms with E-state index in [9.17, 15) is 15.2 Å². The summed E-state index contributed by atoms with van der Waals surface area (Å²) in [6, 6.07) is 16.4. The van der Waals surface area contributed by atoms with E-state index in [0.29, 0.717) is 42.3 Å². The number of oxazole rings is 1. The number of aromatic hydroxyl groups is 1. The van der Waals surface area contributed by atoms with E-state index >= 15 is 0 Å². The largest absolute Gasteiger partial charge is 0.506 e. The minimum Gasteiger partial charge on any atom is -0.506 e. The molecular weight excluding hydrogens is 502 g/mol. The van der Waals surface area contributed by atoms with Crippen LogP contribution in [-0.4, -0.2) is 29.6 Å². The minimum atomic E-state index is -0.798. The SMILES string of the molecule is N#CC1=c2s/c(=C/c3ccc(O)c4ncccc34)c(=O)n2-c2ncnc(N)c2C1c1nc2ccccc2o1. The van der Waals surface area contributed by atoms with E-state index in [2.05, 4.69) is 26.0 Å². The predicted molar refractivity (Wildman–Crippen MR) is 141 cm³/mol. The standard InChI is InChI=1S/C27H15N7O3S/c28-11-15-20(25-33-16-5-1-2-6-18(16)37-25)21-23(29)31-12-32-24(21)34-26(36)19(38-27(15)34)10-13-7-8-17(35)22-14(13)4-3-9-30-22/h1-10,12,20,35H,(H2,29,31,32)/b19-10+. The Hall–Kier alpha value is -5.34. The number of thiazole rings is 1. The molecule has 1 aliphatic heterocycles. The van der Waals surface area contributed by atoms with Gasteiger partial charge in [0.2, 0.25) is 5.89 Å². The number of nitrogen functional groups attached to an aromatic ring is 1. The first kappa shape index (κ1) is 21.9. The van der Waals surface area contributed by atoms with E-state index in [1.165, 1.54) is 17.0 Å². The topological polar surface area (TPSA) is 157 Å². The Kier molecular flexibility index (Phi) is 4.66. The lowest BCUT2D eigenvalue weighted by Gasteiger charge is -2.21. The Morgan fingerprint density at radius 2 is 2.00 bits per heavy atom. The number of nitriles is 1. The molecule has 0 saturated heterocycles. The number of fused-ring (bicyclic) bond motifs is 5. The molecule has 3 N–H and O–H groups in total. The fourth-order valence-electron chi connectivity index (χ4n) is 4.80. The van der Waals surface area contributed by atoms with Crippen molar-refractivity contribution >= 4 is 50.8 Å². The van der Waals surface area contributed by atoms with Crippen LogP contribution in [0.5, 0.6) is 5.75 Å². The fourth-order valence-corrected chi connectivity index (χ4v) is 5.90. The molecule has 0 bridgehead atoms. The first-order valence-electron chi connectivity index (χ1n) is 11.5. The van der Waals surface area contributed by atoms with Crippen molar-refractivity contribution in [2.24, 2.45) is 0 Å². The summed E-state index contributed by atoms with van der Waals surface area (Å²) in [5, 5.41) is 21.2. The van der Waals surface area contributed by atoms with Gasteiger partial charge in [-0.15, -0.1) is 11.3 Å². The van der Waals surface area contributed by atoms with Gasteiger partial charge in [-0.1, -0.05) is 24.3 Å². The van der Waals surface area contributed by atoms with Gasteiger partial charge in [0.05, 0.1) is 21.7 Å². The van der Waals surface area contributed by atoms with Gasteiger partial charge in [0.15, 0.2) is 11.4 Å². The van der Waals surface area contributed by atoms with Gasteiger partial charge in [-0.05, 0) is 35.9 Å². The molecule has 0 amide bonds. The second-order valence-electron chi connectivity index (χ2n) is 8.60. The molecule has 182 valence electrons. The van der Waals surface area contributed by atoms with Gasteiger partial charge in [0.1, 0.15) is 39.5 Å². The third kappa shape index (κ3) is 3.07. The van der Waals surface area contributed by atoms with E-state index in [-0.39, 0.29) is 34.4 Å². The van der Waals surface area contributed by atoms with Crippen LogP contribution in [0, 0.1) is 11.3 Å². The molecule has 5 heterocycles. The van der Waals surface area contributed by atoms with Crippen molar-refractivity contribution < 1.29 is 9.52 Å². The number of phenols is 1. The summed E-state index contributed by atoms with van der Waals surface area (Å²) in [4.78, 5) is 31.1. The van der Waals surface area contributed by atoms with E-state index in [1.807, 2.05) is 24.3 Å². The number of nitrogens with zero attached hydrogens (tertiary/aromatic N) is 6. The lowest BCUT2D eigenvalue weighted by molar-refractivity contribution is 0.480. The maximum atomic E-state index is 13.8. The first-order valence-corrected chi connectivity index (χ1v) is 12.3. The number of phenolic OH excluding ortho intramolecular Hbond substituents is 1. The molecule has 0 fully saturated rings. The highest BCUT2D eigenvalue weighted by atomic mass is 32.1. The number of para-hydroxylation sites is 2. The molecule has 1 aliphatic rings. The number of benzene rings is 2. The van der Waals surface area contributed by atoms with E-state index in [4.69, 9.17) is 10.2 Å². The van der Waals surface area contributed by atoms with Crippen molar-refractivity contribution in [1.82, 2.24) is 24.5 Å². The van der Waals surface area contributed by atoms with Crippen LogP contribution < -0.4 is 20.5 Å². The Balaban J connectivity index is 1.56. The van der Waals surface area contributed by atoms with Crippen LogP contribution in [0.4, 0.5) is 5.82 Å². The molecule has 0 aliphatic carbocycles. The van der Waals surface area contributed by atoms with Crippen LogP contribution in [0.25, 0.3) is 39.5 Å². The molecule has 1 atom stereocenters. The summed E-state index contributed by atoms with van der Waals surface area (Å²) >= 11 is 1.16. The Morgan fingerprint density at radius 3 is 2.84 bits per heavy atom.